The molecule has 0 amide bonds. The Kier molecular flexibility index (Phi) is 6.44. The third kappa shape index (κ3) is 4.75. The van der Waals surface area contributed by atoms with Crippen LogP contribution in [0.5, 0.6) is 0 Å². The summed E-state index contributed by atoms with van der Waals surface area (Å²) in [5, 5.41) is 21.0. The van der Waals surface area contributed by atoms with Crippen LogP contribution in [-0.4, -0.2) is 36.0 Å². The number of nitrogens with one attached hydrogen (secondary N) is 1. The molecular formula is C29H20F2N6O3. The number of hydrogen-bond acceptors (Lipinski definition) is 7. The molecule has 1 aliphatic rings. The molecule has 40 heavy (non-hydrogen) atoms. The van der Waals surface area contributed by atoms with E-state index in [1.165, 1.54) is 10.9 Å². The van der Waals surface area contributed by atoms with Gasteiger partial charge >= 0.3 is 5.97 Å². The number of carboxylic acid groups (broad SMARTS) is 1. The summed E-state index contributed by atoms with van der Waals surface area (Å²) in [4.78, 5) is 20.2. The van der Waals surface area contributed by atoms with Gasteiger partial charge in [0, 0.05) is 17.2 Å². The Morgan fingerprint density at radius 1 is 1.07 bits per heavy atom. The largest absolute Gasteiger partial charge is 0.479 e. The third-order valence-electron chi connectivity index (χ3n) is 6.38. The van der Waals surface area contributed by atoms with Gasteiger partial charge in [-0.25, -0.2) is 23.5 Å². The molecule has 0 radical (unpaired) electrons. The van der Waals surface area contributed by atoms with Crippen LogP contribution in [0.1, 0.15) is 22.7 Å². The maximum absolute atomic E-state index is 15.4. The summed E-state index contributed by atoms with van der Waals surface area (Å²) in [6.45, 7) is 0.0558. The first-order valence-corrected chi connectivity index (χ1v) is 12.2. The predicted molar refractivity (Wildman–Crippen MR) is 142 cm³/mol. The van der Waals surface area contributed by atoms with Gasteiger partial charge in [-0.3, -0.25) is 4.68 Å². The number of hydrogen-bond donors (Lipinski definition) is 2. The standard InChI is InChI=1S/C29H20F2N6O3/c30-21-15-32-28(34-27(21)33-26(29(38)39)18-6-2-1-3-7-18)23-14-24(22-12-13-40-36-22)37(35-23)16-19-10-5-11-20(25(19)31)17-8-4-9-17/h1-15,26H,16H2,(H,38,39)(H,32,33,34)/t26-/m0/s1. The topological polar surface area (TPSA) is 119 Å². The number of aromatic nitrogens is 5. The Morgan fingerprint density at radius 2 is 1.90 bits per heavy atom. The van der Waals surface area contributed by atoms with Gasteiger partial charge in [0.15, 0.2) is 23.5 Å². The second kappa shape index (κ2) is 10.4. The molecule has 0 saturated carbocycles. The maximum atomic E-state index is 15.4. The van der Waals surface area contributed by atoms with Crippen LogP contribution in [0.2, 0.25) is 0 Å². The summed E-state index contributed by atoms with van der Waals surface area (Å²) < 4.78 is 36.6. The van der Waals surface area contributed by atoms with Gasteiger partial charge in [0.2, 0.25) is 0 Å². The lowest BCUT2D eigenvalue weighted by Gasteiger charge is -2.16. The maximum Gasteiger partial charge on any atom is 0.330 e. The van der Waals surface area contributed by atoms with Crippen LogP contribution in [0, 0.1) is 11.6 Å². The van der Waals surface area contributed by atoms with Crippen molar-refractivity contribution in [1.29, 1.82) is 0 Å². The molecule has 0 fully saturated rings. The zero-order valence-electron chi connectivity index (χ0n) is 20.7. The van der Waals surface area contributed by atoms with Crippen LogP contribution >= 0.6 is 0 Å². The van der Waals surface area contributed by atoms with Crippen molar-refractivity contribution in [1.82, 2.24) is 24.9 Å². The van der Waals surface area contributed by atoms with Crippen molar-refractivity contribution in [3.05, 3.63) is 120 Å². The Bertz CT molecular complexity index is 1760. The van der Waals surface area contributed by atoms with Gasteiger partial charge in [0.25, 0.3) is 0 Å². The molecule has 0 saturated heterocycles. The molecule has 1 aliphatic carbocycles. The molecule has 3 heterocycles. The van der Waals surface area contributed by atoms with Gasteiger partial charge in [0.05, 0.1) is 18.4 Å². The van der Waals surface area contributed by atoms with Crippen LogP contribution in [0.3, 0.4) is 0 Å². The summed E-state index contributed by atoms with van der Waals surface area (Å²) in [7, 11) is 0. The lowest BCUT2D eigenvalue weighted by atomic mass is 9.97. The number of carbonyl (C=O) groups is 1. The van der Waals surface area contributed by atoms with Crippen molar-refractivity contribution in [3.8, 4) is 22.9 Å². The van der Waals surface area contributed by atoms with E-state index in [9.17, 15) is 14.3 Å². The zero-order chi connectivity index (χ0) is 27.6. The number of nitrogens with zero attached hydrogens (tertiary/aromatic N) is 5. The Hall–Kier alpha value is -5.45. The molecule has 0 unspecified atom stereocenters. The Balaban J connectivity index is 1.36. The minimum atomic E-state index is -1.25. The molecule has 0 spiro atoms. The van der Waals surface area contributed by atoms with E-state index in [1.807, 2.05) is 18.2 Å². The summed E-state index contributed by atoms with van der Waals surface area (Å²) in [6, 6.07) is 15.5. The fourth-order valence-corrected chi connectivity index (χ4v) is 4.32. The normalized spacial score (nSPS) is 13.0. The number of aliphatic carboxylic acids is 1. The van der Waals surface area contributed by atoms with E-state index in [-0.39, 0.29) is 29.7 Å². The molecule has 9 nitrogen and oxygen atoms in total. The molecule has 1 atom stereocenters. The summed E-state index contributed by atoms with van der Waals surface area (Å²) in [6.07, 6.45) is 7.84. The van der Waals surface area contributed by atoms with Crippen molar-refractivity contribution in [2.45, 2.75) is 12.6 Å². The number of halogens is 2. The molecule has 0 aliphatic heterocycles. The SMILES string of the molecule is O=C(O)[C@@H](Nc1nc(-c2cc(-c3ccon3)n(Cc3cccc(C4=CC=C4)c3F)n2)ncc1F)c1ccccc1. The molecule has 2 aromatic carbocycles. The van der Waals surface area contributed by atoms with E-state index in [2.05, 4.69) is 25.5 Å². The average molecular weight is 539 g/mol. The Labute approximate surface area is 226 Å². The second-order valence-corrected chi connectivity index (χ2v) is 8.93. The highest BCUT2D eigenvalue weighted by atomic mass is 19.1. The lowest BCUT2D eigenvalue weighted by Crippen LogP contribution is -2.22. The van der Waals surface area contributed by atoms with Crippen LogP contribution in [0.15, 0.2) is 95.9 Å². The number of rotatable bonds is 9. The first kappa shape index (κ1) is 24.9. The van der Waals surface area contributed by atoms with E-state index in [1.54, 1.807) is 60.7 Å². The van der Waals surface area contributed by atoms with Gasteiger partial charge in [-0.05, 0) is 17.2 Å². The van der Waals surface area contributed by atoms with Gasteiger partial charge in [-0.1, -0.05) is 71.9 Å². The summed E-state index contributed by atoms with van der Waals surface area (Å²) >= 11 is 0. The summed E-state index contributed by atoms with van der Waals surface area (Å²) in [5.74, 6) is -2.68. The number of carboxylic acids is 1. The molecule has 0 bridgehead atoms. The van der Waals surface area contributed by atoms with Crippen LogP contribution in [0.4, 0.5) is 14.6 Å². The predicted octanol–water partition coefficient (Wildman–Crippen LogP) is 5.51. The van der Waals surface area contributed by atoms with Crippen LogP contribution in [-0.2, 0) is 11.3 Å². The average Bonchev–Trinajstić information content (AvgIpc) is 3.60. The molecule has 5 aromatic rings. The molecule has 3 aromatic heterocycles. The zero-order valence-corrected chi connectivity index (χ0v) is 20.7. The monoisotopic (exact) mass is 538 g/mol. The highest BCUT2D eigenvalue weighted by molar-refractivity contribution is 5.81. The van der Waals surface area contributed by atoms with Gasteiger partial charge in [-0.15, -0.1) is 0 Å². The van der Waals surface area contributed by atoms with Crippen molar-refractivity contribution in [3.63, 3.8) is 0 Å². The van der Waals surface area contributed by atoms with E-state index >= 15 is 4.39 Å². The first-order chi connectivity index (χ1) is 19.5. The van der Waals surface area contributed by atoms with Gasteiger partial charge in [0.1, 0.15) is 23.5 Å². The molecule has 198 valence electrons. The summed E-state index contributed by atoms with van der Waals surface area (Å²) in [5.41, 5.74) is 3.28. The molecule has 11 heteroatoms. The van der Waals surface area contributed by atoms with Gasteiger partial charge < -0.3 is 14.9 Å². The quantitative estimate of drug-likeness (QED) is 0.252. The number of benzene rings is 2. The lowest BCUT2D eigenvalue weighted by molar-refractivity contribution is -0.138. The highest BCUT2D eigenvalue weighted by Crippen LogP contribution is 2.30. The molecule has 2 N–H and O–H groups in total. The first-order valence-electron chi connectivity index (χ1n) is 12.2. The fraction of sp³-hybridized carbons (Fsp3) is 0.0690. The second-order valence-electron chi connectivity index (χ2n) is 8.93. The van der Waals surface area contributed by atoms with E-state index < -0.39 is 17.8 Å². The highest BCUT2D eigenvalue weighted by Gasteiger charge is 2.24. The van der Waals surface area contributed by atoms with Crippen molar-refractivity contribution in [2.24, 2.45) is 0 Å². The molecular weight excluding hydrogens is 518 g/mol. The van der Waals surface area contributed by atoms with Crippen molar-refractivity contribution < 1.29 is 23.2 Å². The minimum Gasteiger partial charge on any atom is -0.479 e. The molecule has 6 rings (SSSR count). The fourth-order valence-electron chi connectivity index (χ4n) is 4.32. The van der Waals surface area contributed by atoms with Crippen molar-refractivity contribution >= 4 is 17.4 Å². The van der Waals surface area contributed by atoms with E-state index in [4.69, 9.17) is 4.52 Å². The van der Waals surface area contributed by atoms with E-state index in [0.29, 0.717) is 28.1 Å². The van der Waals surface area contributed by atoms with Crippen molar-refractivity contribution in [2.75, 3.05) is 5.32 Å². The van der Waals surface area contributed by atoms with Gasteiger partial charge in [-0.2, -0.15) is 5.10 Å². The van der Waals surface area contributed by atoms with Crippen LogP contribution in [0.25, 0.3) is 28.5 Å². The smallest absolute Gasteiger partial charge is 0.330 e. The van der Waals surface area contributed by atoms with Crippen LogP contribution < -0.4 is 5.32 Å². The van der Waals surface area contributed by atoms with E-state index in [0.717, 1.165) is 11.8 Å². The minimum absolute atomic E-state index is 0.0311. The Morgan fingerprint density at radius 3 is 2.60 bits per heavy atom. The number of allylic oxidation sites excluding steroid dienone is 4. The number of anilines is 1. The third-order valence-corrected chi connectivity index (χ3v) is 6.38.